The summed E-state index contributed by atoms with van der Waals surface area (Å²) in [6.07, 6.45) is -0.954. The topological polar surface area (TPSA) is 101 Å². The highest BCUT2D eigenvalue weighted by Crippen LogP contribution is 1.79. The maximum atomic E-state index is 8.17. The molecule has 96 valence electrons. The molecule has 0 saturated heterocycles. The van der Waals surface area contributed by atoms with E-state index in [1.807, 2.05) is 36.4 Å². The minimum Gasteiger partial charge on any atom is -0.400 e. The molecule has 0 aliphatic rings. The van der Waals surface area contributed by atoms with E-state index < -0.39 is 6.10 Å². The molecule has 5 heteroatoms. The second-order valence-electron chi connectivity index (χ2n) is 2.17. The van der Waals surface area contributed by atoms with Crippen LogP contribution in [0.5, 0.6) is 0 Å². The fourth-order valence-corrected chi connectivity index (χ4v) is 0.443. The summed E-state index contributed by atoms with van der Waals surface area (Å²) in [5.41, 5.74) is 0. The predicted molar refractivity (Wildman–Crippen MR) is 62.9 cm³/mol. The Morgan fingerprint density at radius 3 is 0.938 bits per heavy atom. The third-order valence-corrected chi connectivity index (χ3v) is 1.09. The van der Waals surface area contributed by atoms with Crippen LogP contribution in [0.3, 0.4) is 0 Å². The molecular weight excluding hydrogens is 212 g/mol. The minimum atomic E-state index is -0.954. The van der Waals surface area contributed by atoms with Crippen molar-refractivity contribution in [2.24, 2.45) is 0 Å². The Bertz CT molecular complexity index is 139. The zero-order valence-electron chi connectivity index (χ0n) is 9.69. The molecule has 0 amide bonds. The van der Waals surface area contributed by atoms with Crippen LogP contribution in [0.4, 0.5) is 0 Å². The zero-order valence-corrected chi connectivity index (χ0v) is 9.69. The number of benzene rings is 1. The first-order valence-corrected chi connectivity index (χ1v) is 4.60. The van der Waals surface area contributed by atoms with E-state index in [1.54, 1.807) is 0 Å². The number of hydrogen-bond acceptors (Lipinski definition) is 5. The zero-order chi connectivity index (χ0) is 13.2. The van der Waals surface area contributed by atoms with Crippen molar-refractivity contribution in [3.8, 4) is 0 Å². The van der Waals surface area contributed by atoms with Gasteiger partial charge in [0, 0.05) is 14.2 Å². The van der Waals surface area contributed by atoms with E-state index in [2.05, 4.69) is 0 Å². The summed E-state index contributed by atoms with van der Waals surface area (Å²) >= 11 is 0. The quantitative estimate of drug-likeness (QED) is 0.463. The lowest BCUT2D eigenvalue weighted by molar-refractivity contribution is 0.0450. The van der Waals surface area contributed by atoms with Crippen LogP contribution in [0.25, 0.3) is 0 Å². The molecule has 0 heterocycles. The van der Waals surface area contributed by atoms with Crippen molar-refractivity contribution in [1.82, 2.24) is 0 Å². The lowest BCUT2D eigenvalue weighted by atomic mass is 10.4. The molecule has 0 atom stereocenters. The van der Waals surface area contributed by atoms with E-state index in [0.717, 1.165) is 14.2 Å². The summed E-state index contributed by atoms with van der Waals surface area (Å²) in [4.78, 5) is 0. The standard InChI is InChI=1S/C6H6.C3H8O3.2CH4O/c1-2-4-6-5-3-1;4-1-3(6)2-5;2*1-2/h1-6H;3-6H,1-2H2;2*2H,1H3. The highest BCUT2D eigenvalue weighted by molar-refractivity contribution is 4.99. The molecule has 1 aromatic rings. The number of aliphatic hydroxyl groups excluding tert-OH is 5. The Morgan fingerprint density at radius 1 is 0.688 bits per heavy atom. The molecule has 0 radical (unpaired) electrons. The molecule has 0 unspecified atom stereocenters. The summed E-state index contributed by atoms with van der Waals surface area (Å²) in [5.74, 6) is 0. The van der Waals surface area contributed by atoms with Crippen molar-refractivity contribution in [2.75, 3.05) is 27.4 Å². The van der Waals surface area contributed by atoms with Crippen molar-refractivity contribution in [2.45, 2.75) is 6.10 Å². The second kappa shape index (κ2) is 23.7. The first-order chi connectivity index (χ1) is 7.81. The van der Waals surface area contributed by atoms with Crippen molar-refractivity contribution in [1.29, 1.82) is 0 Å². The molecule has 0 spiro atoms. The lowest BCUT2D eigenvalue weighted by Gasteiger charge is -1.96. The van der Waals surface area contributed by atoms with E-state index in [4.69, 9.17) is 25.5 Å². The van der Waals surface area contributed by atoms with Gasteiger partial charge in [-0.25, -0.2) is 0 Å². The Morgan fingerprint density at radius 2 is 0.875 bits per heavy atom. The summed E-state index contributed by atoms with van der Waals surface area (Å²) in [6.45, 7) is -0.729. The molecule has 0 aromatic heterocycles. The molecule has 1 aromatic carbocycles. The van der Waals surface area contributed by atoms with E-state index in [0.29, 0.717) is 0 Å². The smallest absolute Gasteiger partial charge is 0.100 e. The Labute approximate surface area is 96.2 Å². The van der Waals surface area contributed by atoms with E-state index in [9.17, 15) is 0 Å². The Kier molecular flexibility index (Phi) is 30.2. The molecule has 0 saturated carbocycles. The normalized spacial score (nSPS) is 7.50. The van der Waals surface area contributed by atoms with Crippen LogP contribution in [0, 0.1) is 0 Å². The van der Waals surface area contributed by atoms with Crippen molar-refractivity contribution < 1.29 is 25.5 Å². The summed E-state index contributed by atoms with van der Waals surface area (Å²) in [6, 6.07) is 12.0. The molecule has 16 heavy (non-hydrogen) atoms. The van der Waals surface area contributed by atoms with Gasteiger partial charge in [-0.2, -0.15) is 0 Å². The van der Waals surface area contributed by atoms with Gasteiger partial charge in [-0.15, -0.1) is 0 Å². The summed E-state index contributed by atoms with van der Waals surface area (Å²) < 4.78 is 0. The van der Waals surface area contributed by atoms with E-state index >= 15 is 0 Å². The maximum Gasteiger partial charge on any atom is 0.100 e. The van der Waals surface area contributed by atoms with Crippen LogP contribution in [0.15, 0.2) is 36.4 Å². The molecule has 0 fully saturated rings. The van der Waals surface area contributed by atoms with Crippen LogP contribution >= 0.6 is 0 Å². The van der Waals surface area contributed by atoms with Gasteiger partial charge >= 0.3 is 0 Å². The number of hydrogen-bond donors (Lipinski definition) is 5. The van der Waals surface area contributed by atoms with Gasteiger partial charge in [0.05, 0.1) is 13.2 Å². The van der Waals surface area contributed by atoms with Gasteiger partial charge in [0.1, 0.15) is 6.10 Å². The van der Waals surface area contributed by atoms with Crippen LogP contribution in [0.1, 0.15) is 0 Å². The fraction of sp³-hybridized carbons (Fsp3) is 0.455. The monoisotopic (exact) mass is 234 g/mol. The molecule has 0 aliphatic heterocycles. The molecule has 0 aliphatic carbocycles. The van der Waals surface area contributed by atoms with Gasteiger partial charge in [0.25, 0.3) is 0 Å². The van der Waals surface area contributed by atoms with Crippen LogP contribution in [0.2, 0.25) is 0 Å². The number of aliphatic hydroxyl groups is 5. The van der Waals surface area contributed by atoms with Crippen LogP contribution in [-0.4, -0.2) is 59.1 Å². The third kappa shape index (κ3) is 23.1. The Hall–Kier alpha value is -0.980. The van der Waals surface area contributed by atoms with Gasteiger partial charge in [-0.3, -0.25) is 0 Å². The maximum absolute atomic E-state index is 8.17. The minimum absolute atomic E-state index is 0.365. The third-order valence-electron chi connectivity index (χ3n) is 1.09. The molecule has 1 rings (SSSR count). The Balaban J connectivity index is -0.000000162. The first-order valence-electron chi connectivity index (χ1n) is 4.60. The van der Waals surface area contributed by atoms with Gasteiger partial charge in [-0.05, 0) is 0 Å². The highest BCUT2D eigenvalue weighted by Gasteiger charge is 1.93. The fourth-order valence-electron chi connectivity index (χ4n) is 0.443. The second-order valence-corrected chi connectivity index (χ2v) is 2.17. The van der Waals surface area contributed by atoms with Crippen molar-refractivity contribution in [3.05, 3.63) is 36.4 Å². The highest BCUT2D eigenvalue weighted by atomic mass is 16.3. The number of rotatable bonds is 2. The largest absolute Gasteiger partial charge is 0.400 e. The van der Waals surface area contributed by atoms with Gasteiger partial charge in [-0.1, -0.05) is 36.4 Å². The van der Waals surface area contributed by atoms with Gasteiger partial charge < -0.3 is 25.5 Å². The average Bonchev–Trinajstić information content (AvgIpc) is 2.45. The van der Waals surface area contributed by atoms with Gasteiger partial charge in [0.15, 0.2) is 0 Å². The molecule has 0 bridgehead atoms. The van der Waals surface area contributed by atoms with E-state index in [-0.39, 0.29) is 13.2 Å². The molecular formula is C11H22O5. The first kappa shape index (κ1) is 20.4. The predicted octanol–water partition coefficient (Wildman–Crippen LogP) is -0.765. The van der Waals surface area contributed by atoms with Gasteiger partial charge in [0.2, 0.25) is 0 Å². The van der Waals surface area contributed by atoms with Crippen molar-refractivity contribution in [3.63, 3.8) is 0 Å². The average molecular weight is 234 g/mol. The van der Waals surface area contributed by atoms with Crippen LogP contribution in [-0.2, 0) is 0 Å². The molecule has 5 N–H and O–H groups in total. The lowest BCUT2D eigenvalue weighted by Crippen LogP contribution is -2.15. The van der Waals surface area contributed by atoms with E-state index in [1.165, 1.54) is 0 Å². The van der Waals surface area contributed by atoms with Crippen LogP contribution < -0.4 is 0 Å². The SMILES string of the molecule is CO.CO.OCC(O)CO.c1ccccc1. The summed E-state index contributed by atoms with van der Waals surface area (Å²) in [7, 11) is 2.00. The summed E-state index contributed by atoms with van der Waals surface area (Å²) in [5, 5.41) is 38.0. The molecule has 5 nitrogen and oxygen atoms in total. The van der Waals surface area contributed by atoms with Crippen molar-refractivity contribution >= 4 is 0 Å².